The molecule has 1 atom stereocenters. The Labute approximate surface area is 128 Å². The third-order valence-corrected chi connectivity index (χ3v) is 11.4. The van der Waals surface area contributed by atoms with Gasteiger partial charge in [0.05, 0.1) is 0 Å². The van der Waals surface area contributed by atoms with E-state index in [-0.39, 0.29) is 11.9 Å². The second kappa shape index (κ2) is 13.3. The van der Waals surface area contributed by atoms with Crippen LogP contribution in [0.1, 0.15) is 79.1 Å². The van der Waals surface area contributed by atoms with Crippen LogP contribution < -0.4 is 0 Å². The first kappa shape index (κ1) is 19.3. The second-order valence-corrected chi connectivity index (χ2v) is 13.1. The number of unbranched alkanes of at least 4 members (excludes halogenated alkanes) is 3. The number of carbonyl (C=O) groups excluding carboxylic acids is 1. The Balaban J connectivity index is 4.23. The van der Waals surface area contributed by atoms with Crippen molar-refractivity contribution in [2.45, 2.75) is 87.9 Å². The number of rotatable bonds is 12. The molecule has 0 saturated heterocycles. The maximum absolute atomic E-state index is 12.2. The molecule has 0 N–H and O–H groups in total. The van der Waals surface area contributed by atoms with E-state index >= 15 is 0 Å². The topological polar surface area (TPSA) is 26.3 Å². The first-order valence-electron chi connectivity index (χ1n) is 8.39. The van der Waals surface area contributed by atoms with Crippen LogP contribution in [0.15, 0.2) is 0 Å². The van der Waals surface area contributed by atoms with Gasteiger partial charge < -0.3 is 0 Å². The molecule has 0 aromatic carbocycles. The molecule has 3 heteroatoms. The average molecular weight is 377 g/mol. The molecule has 0 fully saturated rings. The van der Waals surface area contributed by atoms with Gasteiger partial charge >= 0.3 is 128 Å². The fourth-order valence-electron chi connectivity index (χ4n) is 2.33. The molecule has 0 spiro atoms. The van der Waals surface area contributed by atoms with E-state index in [1.165, 1.54) is 41.0 Å². The van der Waals surface area contributed by atoms with Crippen molar-refractivity contribution in [3.05, 3.63) is 0 Å². The summed E-state index contributed by atoms with van der Waals surface area (Å²) in [5.74, 6) is 0.311. The van der Waals surface area contributed by atoms with Gasteiger partial charge in [-0.25, -0.2) is 0 Å². The summed E-state index contributed by atoms with van der Waals surface area (Å²) in [7, 11) is 0. The van der Waals surface area contributed by atoms with E-state index in [0.29, 0.717) is 0 Å². The van der Waals surface area contributed by atoms with Crippen molar-refractivity contribution in [1.29, 1.82) is 0 Å². The molecule has 0 saturated carbocycles. The van der Waals surface area contributed by atoms with Crippen LogP contribution in [-0.4, -0.2) is 26.1 Å². The molecule has 0 aliphatic carbocycles. The molecule has 0 aliphatic rings. The molecular formula is C16H34O2Sn. The van der Waals surface area contributed by atoms with E-state index in [4.69, 9.17) is 3.07 Å². The summed E-state index contributed by atoms with van der Waals surface area (Å²) in [6.45, 7) is 8.74. The molecular weight excluding hydrogens is 343 g/mol. The Bertz CT molecular complexity index is 211. The summed E-state index contributed by atoms with van der Waals surface area (Å²) in [6, 6.07) is 0. The first-order valence-corrected chi connectivity index (χ1v) is 14.4. The predicted molar refractivity (Wildman–Crippen MR) is 86.0 cm³/mol. The van der Waals surface area contributed by atoms with E-state index in [9.17, 15) is 4.79 Å². The van der Waals surface area contributed by atoms with Crippen LogP contribution in [0.25, 0.3) is 0 Å². The average Bonchev–Trinajstić information content (AvgIpc) is 2.42. The number of carbonyl (C=O) groups is 1. The van der Waals surface area contributed by atoms with Gasteiger partial charge in [-0.3, -0.25) is 0 Å². The Hall–Kier alpha value is 0.269. The molecule has 0 amide bonds. The summed E-state index contributed by atoms with van der Waals surface area (Å²) in [5, 5.41) is 0. The van der Waals surface area contributed by atoms with Crippen molar-refractivity contribution < 1.29 is 7.87 Å². The van der Waals surface area contributed by atoms with Gasteiger partial charge in [0, 0.05) is 0 Å². The van der Waals surface area contributed by atoms with Gasteiger partial charge in [-0.05, 0) is 0 Å². The van der Waals surface area contributed by atoms with Crippen LogP contribution in [0, 0.1) is 5.92 Å². The normalized spacial score (nSPS) is 12.7. The predicted octanol–water partition coefficient (Wildman–Crippen LogP) is 5.07. The van der Waals surface area contributed by atoms with Crippen LogP contribution in [0.4, 0.5) is 0 Å². The quantitative estimate of drug-likeness (QED) is 0.444. The zero-order valence-electron chi connectivity index (χ0n) is 13.5. The molecule has 114 valence electrons. The third kappa shape index (κ3) is 9.75. The summed E-state index contributed by atoms with van der Waals surface area (Å²) >= 11 is -2.02. The van der Waals surface area contributed by atoms with Crippen molar-refractivity contribution in [2.24, 2.45) is 5.92 Å². The zero-order chi connectivity index (χ0) is 14.5. The minimum atomic E-state index is -2.02. The van der Waals surface area contributed by atoms with Crippen molar-refractivity contribution in [3.63, 3.8) is 0 Å². The van der Waals surface area contributed by atoms with Gasteiger partial charge in [0.1, 0.15) is 0 Å². The van der Waals surface area contributed by atoms with E-state index in [1.807, 2.05) is 0 Å². The molecule has 0 radical (unpaired) electrons. The van der Waals surface area contributed by atoms with E-state index in [1.54, 1.807) is 0 Å². The summed E-state index contributed by atoms with van der Waals surface area (Å²) < 4.78 is 8.46. The van der Waals surface area contributed by atoms with Crippen LogP contribution in [-0.2, 0) is 7.87 Å². The van der Waals surface area contributed by atoms with Crippen LogP contribution in [0.2, 0.25) is 8.87 Å². The molecule has 2 nitrogen and oxygen atoms in total. The SMILES string of the molecule is CCCCC(CC)C(=O)[O][SnH]([CH2]CCC)[CH2]CCC. The van der Waals surface area contributed by atoms with Crippen molar-refractivity contribution in [3.8, 4) is 0 Å². The second-order valence-electron chi connectivity index (χ2n) is 5.59. The third-order valence-electron chi connectivity index (χ3n) is 3.77. The fourth-order valence-corrected chi connectivity index (χ4v) is 10.2. The van der Waals surface area contributed by atoms with Gasteiger partial charge in [-0.2, -0.15) is 0 Å². The van der Waals surface area contributed by atoms with E-state index in [0.717, 1.165) is 19.3 Å². The fraction of sp³-hybridized carbons (Fsp3) is 0.938. The van der Waals surface area contributed by atoms with Crippen molar-refractivity contribution in [2.75, 3.05) is 0 Å². The molecule has 0 aromatic heterocycles. The van der Waals surface area contributed by atoms with Gasteiger partial charge in [0.25, 0.3) is 0 Å². The number of hydrogen-bond acceptors (Lipinski definition) is 2. The Morgan fingerprint density at radius 2 is 1.47 bits per heavy atom. The first-order chi connectivity index (χ1) is 9.19. The molecule has 0 aromatic rings. The molecule has 0 bridgehead atoms. The molecule has 0 heterocycles. The van der Waals surface area contributed by atoms with Gasteiger partial charge in [0.2, 0.25) is 0 Å². The van der Waals surface area contributed by atoms with E-state index < -0.39 is 20.2 Å². The van der Waals surface area contributed by atoms with Gasteiger partial charge in [0.15, 0.2) is 0 Å². The van der Waals surface area contributed by atoms with Gasteiger partial charge in [-0.1, -0.05) is 0 Å². The van der Waals surface area contributed by atoms with Crippen molar-refractivity contribution in [1.82, 2.24) is 0 Å². The van der Waals surface area contributed by atoms with Crippen molar-refractivity contribution >= 4 is 26.1 Å². The Morgan fingerprint density at radius 1 is 0.947 bits per heavy atom. The molecule has 0 aliphatic heterocycles. The minimum absolute atomic E-state index is 0.143. The molecule has 19 heavy (non-hydrogen) atoms. The Morgan fingerprint density at radius 3 is 1.89 bits per heavy atom. The summed E-state index contributed by atoms with van der Waals surface area (Å²) in [4.78, 5) is 12.2. The zero-order valence-corrected chi connectivity index (χ0v) is 16.8. The van der Waals surface area contributed by atoms with Gasteiger partial charge in [-0.15, -0.1) is 0 Å². The van der Waals surface area contributed by atoms with Crippen LogP contribution in [0.3, 0.4) is 0 Å². The summed E-state index contributed by atoms with van der Waals surface area (Å²) in [6.07, 6.45) is 9.24. The van der Waals surface area contributed by atoms with E-state index in [2.05, 4.69) is 27.7 Å². The maximum atomic E-state index is 12.2. The summed E-state index contributed by atoms with van der Waals surface area (Å²) in [5.41, 5.74) is 0. The molecule has 0 rings (SSSR count). The number of hydrogen-bond donors (Lipinski definition) is 0. The monoisotopic (exact) mass is 378 g/mol. The van der Waals surface area contributed by atoms with Crippen LogP contribution >= 0.6 is 0 Å². The molecule has 1 unspecified atom stereocenters. The Kier molecular flexibility index (Phi) is 13.4. The van der Waals surface area contributed by atoms with Crippen LogP contribution in [0.5, 0.6) is 0 Å². The standard InChI is InChI=1S/C8H16O2.2C4H9.Sn.H/c1-3-5-6-7(4-2)8(9)10;2*1-3-4-2;;/h7H,3-6H2,1-2H3,(H,9,10);2*1,3-4H2,2H3;;/q;;;+1;/p-1.